The lowest BCUT2D eigenvalue weighted by molar-refractivity contribution is -0.448. The van der Waals surface area contributed by atoms with Crippen LogP contribution in [0, 0.1) is 5.92 Å². The second-order valence-electron chi connectivity index (χ2n) is 4.42. The maximum Gasteiger partial charge on any atom is 0.156 e. The lowest BCUT2D eigenvalue weighted by atomic mass is 9.90. The van der Waals surface area contributed by atoms with E-state index in [0.717, 1.165) is 18.0 Å². The third-order valence-electron chi connectivity index (χ3n) is 3.84. The first-order valence-corrected chi connectivity index (χ1v) is 5.27. The van der Waals surface area contributed by atoms with Crippen LogP contribution in [0.1, 0.15) is 25.7 Å². The van der Waals surface area contributed by atoms with Gasteiger partial charge in [-0.25, -0.2) is 4.99 Å². The first-order chi connectivity index (χ1) is 5.95. The molecule has 1 N–H and O–H groups in total. The zero-order valence-corrected chi connectivity index (χ0v) is 7.50. The molecule has 0 spiro atoms. The fourth-order valence-electron chi connectivity index (χ4n) is 2.88. The van der Waals surface area contributed by atoms with E-state index in [4.69, 9.17) is 0 Å². The molecule has 2 fully saturated rings. The molecule has 2 aliphatic heterocycles. The average Bonchev–Trinajstić information content (AvgIpc) is 2.48. The van der Waals surface area contributed by atoms with Gasteiger partial charge in [0.1, 0.15) is 6.21 Å². The average molecular weight is 165 g/mol. The van der Waals surface area contributed by atoms with Gasteiger partial charge in [-0.15, -0.1) is 0 Å². The van der Waals surface area contributed by atoms with E-state index in [0.29, 0.717) is 0 Å². The second-order valence-corrected chi connectivity index (χ2v) is 4.42. The highest BCUT2D eigenvalue weighted by Gasteiger charge is 2.43. The lowest BCUT2D eigenvalue weighted by Crippen LogP contribution is -2.69. The predicted octanol–water partition coefficient (Wildman–Crippen LogP) is -0.606. The van der Waals surface area contributed by atoms with Crippen LogP contribution in [-0.4, -0.2) is 36.3 Å². The fourth-order valence-corrected chi connectivity index (χ4v) is 2.88. The summed E-state index contributed by atoms with van der Waals surface area (Å²) >= 11 is 0. The van der Waals surface area contributed by atoms with E-state index in [1.807, 2.05) is 0 Å². The maximum atomic E-state index is 3.39. The largest absolute Gasteiger partial charge is 0.291 e. The van der Waals surface area contributed by atoms with Crippen LogP contribution < -0.4 is 4.99 Å². The number of nitrogens with one attached hydrogen (secondary N) is 1. The van der Waals surface area contributed by atoms with E-state index in [-0.39, 0.29) is 0 Å². The van der Waals surface area contributed by atoms with Gasteiger partial charge in [-0.1, -0.05) is 6.42 Å². The smallest absolute Gasteiger partial charge is 0.156 e. The second kappa shape index (κ2) is 2.56. The molecule has 0 aromatic heterocycles. The normalized spacial score (nSPS) is 41.7. The Bertz CT molecular complexity index is 208. The Morgan fingerprint density at radius 1 is 1.25 bits per heavy atom. The van der Waals surface area contributed by atoms with Gasteiger partial charge in [-0.2, -0.15) is 0 Å². The summed E-state index contributed by atoms with van der Waals surface area (Å²) in [5, 5.41) is 0. The topological polar surface area (TPSA) is 17.2 Å². The van der Waals surface area contributed by atoms with E-state index < -0.39 is 0 Å². The highest BCUT2D eigenvalue weighted by atomic mass is 15.2. The lowest BCUT2D eigenvalue weighted by Gasteiger charge is -2.37. The minimum Gasteiger partial charge on any atom is -0.291 e. The van der Waals surface area contributed by atoms with Crippen LogP contribution in [0.3, 0.4) is 0 Å². The molecule has 3 aliphatic rings. The Morgan fingerprint density at radius 2 is 2.17 bits per heavy atom. The van der Waals surface area contributed by atoms with Gasteiger partial charge in [-0.05, 0) is 25.8 Å². The van der Waals surface area contributed by atoms with Crippen molar-refractivity contribution in [3.05, 3.63) is 0 Å². The molecule has 0 aromatic carbocycles. The van der Waals surface area contributed by atoms with Crippen LogP contribution in [-0.2, 0) is 0 Å². The molecule has 0 radical (unpaired) electrons. The van der Waals surface area contributed by atoms with Gasteiger partial charge >= 0.3 is 0 Å². The van der Waals surface area contributed by atoms with Crippen molar-refractivity contribution in [3.8, 4) is 0 Å². The molecule has 0 amide bonds. The summed E-state index contributed by atoms with van der Waals surface area (Å²) in [6, 6.07) is 1.81. The van der Waals surface area contributed by atoms with Crippen molar-refractivity contribution in [3.63, 3.8) is 0 Å². The molecular formula is C10H17N2+. The third-order valence-corrected chi connectivity index (χ3v) is 3.84. The molecule has 1 aliphatic carbocycles. The Hall–Kier alpha value is -0.370. The van der Waals surface area contributed by atoms with E-state index in [1.165, 1.54) is 38.8 Å². The van der Waals surface area contributed by atoms with Crippen LogP contribution in [0.4, 0.5) is 0 Å². The van der Waals surface area contributed by atoms with Crippen LogP contribution >= 0.6 is 0 Å². The Labute approximate surface area is 73.7 Å². The molecule has 12 heavy (non-hydrogen) atoms. The van der Waals surface area contributed by atoms with E-state index >= 15 is 0 Å². The zero-order valence-electron chi connectivity index (χ0n) is 7.50. The third kappa shape index (κ3) is 0.875. The number of hydrogen-bond acceptors (Lipinski definition) is 1. The molecular weight excluding hydrogens is 148 g/mol. The van der Waals surface area contributed by atoms with Crippen molar-refractivity contribution in [2.24, 2.45) is 5.92 Å². The van der Waals surface area contributed by atoms with Gasteiger partial charge in [0.05, 0.1) is 12.0 Å². The summed E-state index contributed by atoms with van der Waals surface area (Å²) in [5.74, 6) is 0.866. The molecule has 2 heteroatoms. The summed E-state index contributed by atoms with van der Waals surface area (Å²) in [6.45, 7) is 2.57. The fraction of sp³-hybridized carbons (Fsp3) is 0.900. The highest BCUT2D eigenvalue weighted by Crippen LogP contribution is 2.33. The molecule has 2 unspecified atom stereocenters. The van der Waals surface area contributed by atoms with Crippen molar-refractivity contribution >= 4 is 6.21 Å². The van der Waals surface area contributed by atoms with Crippen molar-refractivity contribution < 1.29 is 4.99 Å². The standard InChI is InChI=1S/C10H16N2/c1-2-9(3-1)12-5-4-8-6-11-7-10(8)12/h6,8-10H,1-5,7H2/p+1. The Kier molecular flexibility index (Phi) is 1.51. The molecule has 2 atom stereocenters. The van der Waals surface area contributed by atoms with Crippen molar-refractivity contribution in [2.45, 2.75) is 37.8 Å². The molecule has 2 heterocycles. The summed E-state index contributed by atoms with van der Waals surface area (Å²) in [7, 11) is 0. The highest BCUT2D eigenvalue weighted by molar-refractivity contribution is 5.57. The minimum absolute atomic E-state index is 0.857. The molecule has 66 valence electrons. The Balaban J connectivity index is 1.72. The van der Waals surface area contributed by atoms with Gasteiger partial charge in [-0.3, -0.25) is 4.90 Å². The van der Waals surface area contributed by atoms with Crippen molar-refractivity contribution in [1.29, 1.82) is 0 Å². The molecule has 2 nitrogen and oxygen atoms in total. The van der Waals surface area contributed by atoms with E-state index in [1.54, 1.807) is 0 Å². The van der Waals surface area contributed by atoms with Crippen LogP contribution in [0.2, 0.25) is 0 Å². The van der Waals surface area contributed by atoms with E-state index in [9.17, 15) is 0 Å². The van der Waals surface area contributed by atoms with Gasteiger partial charge in [0.2, 0.25) is 0 Å². The number of likely N-dealkylation sites (tertiary alicyclic amines) is 1. The summed E-state index contributed by atoms with van der Waals surface area (Å²) in [5.41, 5.74) is 0. The number of fused-ring (bicyclic) bond motifs is 1. The quantitative estimate of drug-likeness (QED) is 0.549. The predicted molar refractivity (Wildman–Crippen MR) is 48.1 cm³/mol. The van der Waals surface area contributed by atoms with Gasteiger partial charge in [0.25, 0.3) is 0 Å². The molecule has 0 aromatic rings. The van der Waals surface area contributed by atoms with E-state index in [2.05, 4.69) is 16.1 Å². The maximum absolute atomic E-state index is 3.39. The first-order valence-electron chi connectivity index (χ1n) is 5.27. The van der Waals surface area contributed by atoms with Gasteiger partial charge in [0.15, 0.2) is 6.54 Å². The number of hydrogen-bond donors (Lipinski definition) is 1. The van der Waals surface area contributed by atoms with Crippen molar-refractivity contribution in [2.75, 3.05) is 13.1 Å². The summed E-state index contributed by atoms with van der Waals surface area (Å²) in [6.07, 6.45) is 8.11. The molecule has 1 saturated carbocycles. The van der Waals surface area contributed by atoms with Gasteiger partial charge in [0, 0.05) is 6.04 Å². The molecule has 3 rings (SSSR count). The zero-order chi connectivity index (χ0) is 7.97. The number of rotatable bonds is 1. The Morgan fingerprint density at radius 3 is 2.92 bits per heavy atom. The molecule has 0 bridgehead atoms. The van der Waals surface area contributed by atoms with Crippen LogP contribution in [0.5, 0.6) is 0 Å². The minimum atomic E-state index is 0.857. The SMILES string of the molecule is C1=[NH+]CC2C1CCN2C1CCC1. The van der Waals surface area contributed by atoms with Crippen molar-refractivity contribution in [1.82, 2.24) is 4.90 Å². The van der Waals surface area contributed by atoms with Crippen LogP contribution in [0.25, 0.3) is 0 Å². The monoisotopic (exact) mass is 165 g/mol. The molecule has 1 saturated heterocycles. The number of nitrogens with zero attached hydrogens (tertiary/aromatic N) is 1. The van der Waals surface area contributed by atoms with Gasteiger partial charge < -0.3 is 0 Å². The summed E-state index contributed by atoms with van der Waals surface area (Å²) in [4.78, 5) is 6.15. The van der Waals surface area contributed by atoms with Crippen LogP contribution in [0.15, 0.2) is 0 Å². The summed E-state index contributed by atoms with van der Waals surface area (Å²) < 4.78 is 0. The first kappa shape index (κ1) is 7.07.